The highest BCUT2D eigenvalue weighted by atomic mass is 32.2. The second kappa shape index (κ2) is 5.91. The second-order valence-corrected chi connectivity index (χ2v) is 7.96. The van der Waals surface area contributed by atoms with Gasteiger partial charge in [-0.25, -0.2) is 8.42 Å². The Bertz CT molecular complexity index is 860. The molecule has 1 aromatic carbocycles. The van der Waals surface area contributed by atoms with Gasteiger partial charge in [-0.05, 0) is 29.5 Å². The number of sulfonamides is 1. The highest BCUT2D eigenvalue weighted by Gasteiger charge is 2.31. The summed E-state index contributed by atoms with van der Waals surface area (Å²) in [4.78, 5) is 11.4. The van der Waals surface area contributed by atoms with E-state index in [9.17, 15) is 18.5 Å². The topological polar surface area (TPSA) is 89.7 Å². The average molecular weight is 354 g/mol. The summed E-state index contributed by atoms with van der Waals surface area (Å²) in [6.07, 6.45) is 0.668. The zero-order chi connectivity index (χ0) is 16.6. The van der Waals surface area contributed by atoms with E-state index in [0.717, 1.165) is 11.6 Å². The lowest BCUT2D eigenvalue weighted by atomic mass is 10.1. The first kappa shape index (κ1) is 15.9. The van der Waals surface area contributed by atoms with Crippen LogP contribution in [0.25, 0.3) is 0 Å². The summed E-state index contributed by atoms with van der Waals surface area (Å²) in [5, 5.41) is 12.8. The summed E-state index contributed by atoms with van der Waals surface area (Å²) in [6, 6.07) is 5.46. The monoisotopic (exact) mass is 354 g/mol. The maximum Gasteiger partial charge on any atom is 0.273 e. The average Bonchev–Trinajstić information content (AvgIpc) is 3.01. The summed E-state index contributed by atoms with van der Waals surface area (Å²) < 4.78 is 32.2. The fraction of sp³-hybridized carbons (Fsp3) is 0.286. The number of nitrogens with zero attached hydrogens (tertiary/aromatic N) is 2. The van der Waals surface area contributed by atoms with E-state index in [0.29, 0.717) is 19.5 Å². The third-order valence-corrected chi connectivity index (χ3v) is 6.66. The van der Waals surface area contributed by atoms with Crippen molar-refractivity contribution in [2.45, 2.75) is 17.9 Å². The van der Waals surface area contributed by atoms with Gasteiger partial charge in [-0.3, -0.25) is 10.1 Å². The van der Waals surface area contributed by atoms with Crippen molar-refractivity contribution in [3.8, 4) is 5.75 Å². The third kappa shape index (κ3) is 2.82. The first-order valence-electron chi connectivity index (χ1n) is 6.81. The van der Waals surface area contributed by atoms with Crippen LogP contribution in [0, 0.1) is 10.1 Å². The quantitative estimate of drug-likeness (QED) is 0.621. The Morgan fingerprint density at radius 1 is 1.35 bits per heavy atom. The predicted molar refractivity (Wildman–Crippen MR) is 85.3 cm³/mol. The fourth-order valence-electron chi connectivity index (χ4n) is 2.55. The van der Waals surface area contributed by atoms with Crippen LogP contribution in [-0.4, -0.2) is 31.3 Å². The standard InChI is InChI=1S/C14H14N2O5S2/c1-21-12-8-11(16(17)18)2-3-14(12)23(19,20)15-6-4-13-10(9-15)5-7-22-13/h2-3,5,7-8H,4,6,9H2,1H3. The molecular weight excluding hydrogens is 340 g/mol. The van der Waals surface area contributed by atoms with Crippen LogP contribution in [0.3, 0.4) is 0 Å². The molecule has 0 N–H and O–H groups in total. The smallest absolute Gasteiger partial charge is 0.273 e. The molecule has 0 radical (unpaired) electrons. The molecule has 0 spiro atoms. The molecule has 0 bridgehead atoms. The van der Waals surface area contributed by atoms with Gasteiger partial charge < -0.3 is 4.74 Å². The van der Waals surface area contributed by atoms with Gasteiger partial charge in [0.05, 0.1) is 18.1 Å². The number of thiophene rings is 1. The molecule has 2 aromatic rings. The van der Waals surface area contributed by atoms with Gasteiger partial charge >= 0.3 is 0 Å². The van der Waals surface area contributed by atoms with E-state index in [-0.39, 0.29) is 16.3 Å². The lowest BCUT2D eigenvalue weighted by molar-refractivity contribution is -0.385. The van der Waals surface area contributed by atoms with Gasteiger partial charge in [-0.1, -0.05) is 0 Å². The van der Waals surface area contributed by atoms with Crippen LogP contribution in [0.4, 0.5) is 5.69 Å². The molecule has 9 heteroatoms. The Kier molecular flexibility index (Phi) is 4.09. The fourth-order valence-corrected chi connectivity index (χ4v) is 4.99. The van der Waals surface area contributed by atoms with Crippen molar-refractivity contribution in [3.63, 3.8) is 0 Å². The minimum atomic E-state index is -3.78. The molecule has 0 saturated carbocycles. The number of methoxy groups -OCH3 is 1. The Hall–Kier alpha value is -1.97. The molecule has 1 aliphatic heterocycles. The van der Waals surface area contributed by atoms with E-state index in [4.69, 9.17) is 4.74 Å². The van der Waals surface area contributed by atoms with Gasteiger partial charge in [0.2, 0.25) is 10.0 Å². The number of fused-ring (bicyclic) bond motifs is 1. The lowest BCUT2D eigenvalue weighted by Crippen LogP contribution is -2.35. The van der Waals surface area contributed by atoms with E-state index in [2.05, 4.69) is 0 Å². The molecule has 3 rings (SSSR count). The molecule has 1 aromatic heterocycles. The number of hydrogen-bond acceptors (Lipinski definition) is 6. The molecular formula is C14H14N2O5S2. The number of ether oxygens (including phenoxy) is 1. The number of nitro groups is 1. The van der Waals surface area contributed by atoms with Crippen molar-refractivity contribution in [2.24, 2.45) is 0 Å². The highest BCUT2D eigenvalue weighted by Crippen LogP contribution is 2.33. The Balaban J connectivity index is 1.99. The Morgan fingerprint density at radius 2 is 2.13 bits per heavy atom. The van der Waals surface area contributed by atoms with Gasteiger partial charge in [0, 0.05) is 24.0 Å². The maximum atomic E-state index is 12.9. The molecule has 23 heavy (non-hydrogen) atoms. The van der Waals surface area contributed by atoms with E-state index in [1.165, 1.54) is 28.4 Å². The van der Waals surface area contributed by atoms with Crippen LogP contribution in [-0.2, 0) is 23.0 Å². The summed E-state index contributed by atoms with van der Waals surface area (Å²) >= 11 is 1.63. The predicted octanol–water partition coefficient (Wildman–Crippen LogP) is 2.41. The molecule has 122 valence electrons. The molecule has 0 atom stereocenters. The largest absolute Gasteiger partial charge is 0.495 e. The van der Waals surface area contributed by atoms with Gasteiger partial charge in [0.1, 0.15) is 10.6 Å². The normalized spacial score (nSPS) is 15.2. The molecule has 0 fully saturated rings. The number of hydrogen-bond donors (Lipinski definition) is 0. The van der Waals surface area contributed by atoms with Crippen molar-refractivity contribution in [3.05, 3.63) is 50.2 Å². The van der Waals surface area contributed by atoms with Crippen LogP contribution in [0.5, 0.6) is 5.75 Å². The molecule has 2 heterocycles. The molecule has 0 amide bonds. The SMILES string of the molecule is COc1cc([N+](=O)[O-])ccc1S(=O)(=O)N1CCc2sccc2C1. The van der Waals surface area contributed by atoms with Crippen LogP contribution in [0.2, 0.25) is 0 Å². The number of rotatable bonds is 4. The Morgan fingerprint density at radius 3 is 2.83 bits per heavy atom. The van der Waals surface area contributed by atoms with Crippen molar-refractivity contribution in [1.29, 1.82) is 0 Å². The zero-order valence-corrected chi connectivity index (χ0v) is 13.9. The first-order valence-corrected chi connectivity index (χ1v) is 9.13. The summed E-state index contributed by atoms with van der Waals surface area (Å²) in [5.74, 6) is -0.0182. The van der Waals surface area contributed by atoms with E-state index >= 15 is 0 Å². The summed E-state index contributed by atoms with van der Waals surface area (Å²) in [6.45, 7) is 0.692. The van der Waals surface area contributed by atoms with Crippen molar-refractivity contribution >= 4 is 27.0 Å². The van der Waals surface area contributed by atoms with Crippen LogP contribution >= 0.6 is 11.3 Å². The molecule has 1 aliphatic rings. The van der Waals surface area contributed by atoms with Crippen molar-refractivity contribution in [1.82, 2.24) is 4.31 Å². The Labute approximate surface area is 137 Å². The number of non-ortho nitro benzene ring substituents is 1. The summed E-state index contributed by atoms with van der Waals surface area (Å²) in [5.41, 5.74) is 0.797. The number of nitro benzene ring substituents is 1. The van der Waals surface area contributed by atoms with E-state index in [1.807, 2.05) is 11.4 Å². The van der Waals surface area contributed by atoms with Gasteiger partial charge in [-0.2, -0.15) is 4.31 Å². The molecule has 7 nitrogen and oxygen atoms in total. The number of benzene rings is 1. The van der Waals surface area contributed by atoms with Crippen LogP contribution in [0.15, 0.2) is 34.5 Å². The lowest BCUT2D eigenvalue weighted by Gasteiger charge is -2.26. The highest BCUT2D eigenvalue weighted by molar-refractivity contribution is 7.89. The van der Waals surface area contributed by atoms with Gasteiger partial charge in [0.25, 0.3) is 5.69 Å². The van der Waals surface area contributed by atoms with Crippen LogP contribution in [0.1, 0.15) is 10.4 Å². The maximum absolute atomic E-state index is 12.9. The third-order valence-electron chi connectivity index (χ3n) is 3.75. The minimum Gasteiger partial charge on any atom is -0.495 e. The van der Waals surface area contributed by atoms with Gasteiger partial charge in [0.15, 0.2) is 0 Å². The molecule has 0 aliphatic carbocycles. The van der Waals surface area contributed by atoms with Crippen molar-refractivity contribution < 1.29 is 18.1 Å². The van der Waals surface area contributed by atoms with Crippen LogP contribution < -0.4 is 4.74 Å². The minimum absolute atomic E-state index is 0.0182. The van der Waals surface area contributed by atoms with E-state index in [1.54, 1.807) is 11.3 Å². The molecule has 0 unspecified atom stereocenters. The van der Waals surface area contributed by atoms with Gasteiger partial charge in [-0.15, -0.1) is 11.3 Å². The first-order chi connectivity index (χ1) is 10.9. The van der Waals surface area contributed by atoms with E-state index < -0.39 is 14.9 Å². The summed E-state index contributed by atoms with van der Waals surface area (Å²) in [7, 11) is -2.48. The zero-order valence-electron chi connectivity index (χ0n) is 12.3. The second-order valence-electron chi connectivity index (χ2n) is 5.05. The molecule has 0 saturated heterocycles. The van der Waals surface area contributed by atoms with Crippen molar-refractivity contribution in [2.75, 3.05) is 13.7 Å².